The maximum absolute atomic E-state index is 12.0. The van der Waals surface area contributed by atoms with Gasteiger partial charge in [0.2, 0.25) is 0 Å². The Hall–Kier alpha value is -3.56. The normalized spacial score (nSPS) is 15.4. The molecule has 4 rings (SSSR count). The number of hydrogen-bond acceptors (Lipinski definition) is 9. The second-order valence-corrected chi connectivity index (χ2v) is 9.34. The predicted octanol–water partition coefficient (Wildman–Crippen LogP) is 1.68. The number of likely N-dealkylation sites (tertiary alicyclic amines) is 1. The number of aliphatic hydroxyl groups is 1. The van der Waals surface area contributed by atoms with Gasteiger partial charge < -0.3 is 29.8 Å². The fourth-order valence-electron chi connectivity index (χ4n) is 4.04. The molecule has 1 aliphatic heterocycles. The van der Waals surface area contributed by atoms with Gasteiger partial charge in [0.25, 0.3) is 5.91 Å². The van der Waals surface area contributed by atoms with Crippen LogP contribution < -0.4 is 5.49 Å². The molecule has 0 aliphatic carbocycles. The van der Waals surface area contributed by atoms with Crippen LogP contribution in [0.25, 0.3) is 11.2 Å². The molecule has 1 saturated heterocycles. The van der Waals surface area contributed by atoms with Crippen LogP contribution in [-0.2, 0) is 11.3 Å². The maximum atomic E-state index is 12.0. The minimum atomic E-state index is -0.976. The fraction of sp³-hybridized carbons (Fsp3) is 0.409. The summed E-state index contributed by atoms with van der Waals surface area (Å²) < 4.78 is 1.88. The molecule has 1 amide bonds. The van der Waals surface area contributed by atoms with Crippen molar-refractivity contribution in [1.82, 2.24) is 24.4 Å². The number of phenolic OH excluding ortho intramolecular Hbond substituents is 2. The fourth-order valence-corrected chi connectivity index (χ4v) is 4.91. The van der Waals surface area contributed by atoms with Crippen LogP contribution in [0.3, 0.4) is 0 Å². The molecule has 3 heterocycles. The summed E-state index contributed by atoms with van der Waals surface area (Å²) in [6, 6.07) is 4.48. The van der Waals surface area contributed by atoms with Crippen molar-refractivity contribution >= 4 is 28.8 Å². The van der Waals surface area contributed by atoms with E-state index in [0.29, 0.717) is 46.8 Å². The number of phenols is 2. The van der Waals surface area contributed by atoms with Gasteiger partial charge >= 0.3 is 0 Å². The van der Waals surface area contributed by atoms with Crippen LogP contribution >= 0.6 is 11.8 Å². The number of aryl methyl sites for hydroxylation is 1. The molecule has 1 fully saturated rings. The van der Waals surface area contributed by atoms with Gasteiger partial charge in [-0.05, 0) is 38.2 Å². The van der Waals surface area contributed by atoms with Crippen LogP contribution in [-0.4, -0.2) is 64.8 Å². The van der Waals surface area contributed by atoms with E-state index in [1.807, 2.05) is 10.6 Å². The number of piperidine rings is 1. The van der Waals surface area contributed by atoms with Crippen LogP contribution in [0.2, 0.25) is 0 Å². The number of nitrogens with zero attached hydrogens (tertiary/aromatic N) is 5. The van der Waals surface area contributed by atoms with Gasteiger partial charge in [-0.1, -0.05) is 11.8 Å². The Bertz CT molecular complexity index is 1320. The quantitative estimate of drug-likeness (QED) is 0.329. The minimum absolute atomic E-state index is 0.0459. The summed E-state index contributed by atoms with van der Waals surface area (Å²) in [5.74, 6) is -0.520. The van der Waals surface area contributed by atoms with E-state index in [1.165, 1.54) is 19.1 Å². The molecular formula is C22H25N7O4S. The Morgan fingerprint density at radius 2 is 2.06 bits per heavy atom. The van der Waals surface area contributed by atoms with Crippen molar-refractivity contribution in [3.05, 3.63) is 29.5 Å². The lowest BCUT2D eigenvalue weighted by Gasteiger charge is -2.32. The summed E-state index contributed by atoms with van der Waals surface area (Å²) >= 11 is 1.11. The number of amides is 1. The largest absolute Gasteiger partial charge is 0.504 e. The molecule has 0 saturated carbocycles. The zero-order valence-electron chi connectivity index (χ0n) is 18.5. The van der Waals surface area contributed by atoms with Crippen LogP contribution in [0.5, 0.6) is 11.5 Å². The Kier molecular flexibility index (Phi) is 6.76. The van der Waals surface area contributed by atoms with Gasteiger partial charge in [-0.3, -0.25) is 10.2 Å². The lowest BCUT2D eigenvalue weighted by atomic mass is 9.93. The number of hydrogen-bond donors (Lipinski definition) is 5. The lowest BCUT2D eigenvalue weighted by molar-refractivity contribution is -0.140. The molecule has 3 aromatic rings. The molecule has 1 aromatic carbocycles. The van der Waals surface area contributed by atoms with Crippen LogP contribution in [0.1, 0.15) is 31.7 Å². The third-order valence-corrected chi connectivity index (χ3v) is 6.91. The van der Waals surface area contributed by atoms with Crippen molar-refractivity contribution in [2.24, 2.45) is 5.92 Å². The monoisotopic (exact) mass is 483 g/mol. The molecule has 178 valence electrons. The van der Waals surface area contributed by atoms with Crippen molar-refractivity contribution < 1.29 is 20.1 Å². The van der Waals surface area contributed by atoms with Crippen molar-refractivity contribution in [2.45, 2.75) is 48.9 Å². The maximum Gasteiger partial charge on any atom is 0.251 e. The predicted molar refractivity (Wildman–Crippen MR) is 122 cm³/mol. The van der Waals surface area contributed by atoms with Gasteiger partial charge in [0.15, 0.2) is 27.8 Å². The summed E-state index contributed by atoms with van der Waals surface area (Å²) in [5.41, 5.74) is 1.26. The molecule has 34 heavy (non-hydrogen) atoms. The number of fused-ring (bicyclic) bond motifs is 1. The van der Waals surface area contributed by atoms with Gasteiger partial charge in [0.05, 0.1) is 11.9 Å². The van der Waals surface area contributed by atoms with Gasteiger partial charge in [0.1, 0.15) is 17.7 Å². The third kappa shape index (κ3) is 4.85. The molecular weight excluding hydrogens is 458 g/mol. The number of nitriles is 1. The number of nitrogens with one attached hydrogen (secondary N) is 2. The number of carbonyl (C=O) groups is 1. The SMILES string of the molecule is C[C@H](O)C(=O)N1CCC(CCn2cnc(=N)c3[nH]c(Sc4cc(O)c(O)cc4C#N)nc32)CC1. The van der Waals surface area contributed by atoms with Crippen molar-refractivity contribution in [1.29, 1.82) is 10.7 Å². The Morgan fingerprint density at radius 1 is 1.35 bits per heavy atom. The first-order chi connectivity index (χ1) is 16.3. The number of H-pyrrole nitrogens is 1. The average molecular weight is 484 g/mol. The number of aromatic amines is 1. The molecule has 0 spiro atoms. The van der Waals surface area contributed by atoms with Crippen LogP contribution in [0.4, 0.5) is 0 Å². The lowest BCUT2D eigenvalue weighted by Crippen LogP contribution is -2.43. The molecule has 0 unspecified atom stereocenters. The molecule has 1 atom stereocenters. The van der Waals surface area contributed by atoms with Crippen LogP contribution in [0.15, 0.2) is 28.5 Å². The number of aromatic hydroxyl groups is 2. The summed E-state index contributed by atoms with van der Waals surface area (Å²) in [7, 11) is 0. The van der Waals surface area contributed by atoms with E-state index >= 15 is 0 Å². The standard InChI is InChI=1S/C22H25N7O4S/c1-12(30)21(33)28-5-2-13(3-6-28)4-7-29-11-25-19(24)18-20(29)27-22(26-18)34-17-9-16(32)15(31)8-14(17)10-23/h8-9,11-13,24,30-32H,2-7H2,1H3,(H,26,27)/t12-/m0/s1. The van der Waals surface area contributed by atoms with E-state index in [-0.39, 0.29) is 28.5 Å². The second kappa shape index (κ2) is 9.74. The van der Waals surface area contributed by atoms with E-state index in [4.69, 9.17) is 5.41 Å². The van der Waals surface area contributed by atoms with E-state index in [2.05, 4.69) is 15.0 Å². The number of imidazole rings is 1. The number of aliphatic hydroxyl groups excluding tert-OH is 1. The molecule has 1 aliphatic rings. The average Bonchev–Trinajstić information content (AvgIpc) is 3.25. The Morgan fingerprint density at radius 3 is 2.74 bits per heavy atom. The second-order valence-electron chi connectivity index (χ2n) is 8.31. The van der Waals surface area contributed by atoms with Gasteiger partial charge in [-0.2, -0.15) is 5.26 Å². The zero-order valence-corrected chi connectivity index (χ0v) is 19.3. The number of rotatable bonds is 6. The molecule has 5 N–H and O–H groups in total. The summed E-state index contributed by atoms with van der Waals surface area (Å²) in [6.45, 7) is 3.38. The highest BCUT2D eigenvalue weighted by molar-refractivity contribution is 7.99. The summed E-state index contributed by atoms with van der Waals surface area (Å²) in [6.07, 6.45) is 3.18. The van der Waals surface area contributed by atoms with E-state index in [9.17, 15) is 25.4 Å². The summed E-state index contributed by atoms with van der Waals surface area (Å²) in [5, 5.41) is 46.8. The summed E-state index contributed by atoms with van der Waals surface area (Å²) in [4.78, 5) is 25.9. The zero-order chi connectivity index (χ0) is 24.4. The van der Waals surface area contributed by atoms with E-state index < -0.39 is 6.10 Å². The van der Waals surface area contributed by atoms with Crippen molar-refractivity contribution in [3.8, 4) is 17.6 Å². The Balaban J connectivity index is 1.49. The highest BCUT2D eigenvalue weighted by Crippen LogP contribution is 2.36. The van der Waals surface area contributed by atoms with Crippen molar-refractivity contribution in [3.63, 3.8) is 0 Å². The molecule has 0 bridgehead atoms. The highest BCUT2D eigenvalue weighted by Gasteiger charge is 2.25. The van der Waals surface area contributed by atoms with Gasteiger partial charge in [0, 0.05) is 30.6 Å². The molecule has 12 heteroatoms. The Labute approximate surface area is 199 Å². The highest BCUT2D eigenvalue weighted by atomic mass is 32.2. The molecule has 0 radical (unpaired) electrons. The smallest absolute Gasteiger partial charge is 0.251 e. The topological polar surface area (TPSA) is 175 Å². The minimum Gasteiger partial charge on any atom is -0.504 e. The third-order valence-electron chi connectivity index (χ3n) is 5.96. The molecule has 2 aromatic heterocycles. The van der Waals surface area contributed by atoms with Crippen LogP contribution in [0, 0.1) is 22.7 Å². The number of carbonyl (C=O) groups excluding carboxylic acids is 1. The number of aromatic nitrogens is 4. The first-order valence-electron chi connectivity index (χ1n) is 10.9. The van der Waals surface area contributed by atoms with E-state index in [0.717, 1.165) is 31.0 Å². The molecule has 11 nitrogen and oxygen atoms in total. The van der Waals surface area contributed by atoms with Gasteiger partial charge in [-0.15, -0.1) is 0 Å². The van der Waals surface area contributed by atoms with Crippen molar-refractivity contribution in [2.75, 3.05) is 13.1 Å². The van der Waals surface area contributed by atoms with E-state index in [1.54, 1.807) is 11.2 Å². The first kappa shape index (κ1) is 23.6. The number of benzene rings is 1. The first-order valence-corrected chi connectivity index (χ1v) is 11.7. The van der Waals surface area contributed by atoms with Gasteiger partial charge in [-0.25, -0.2) is 9.97 Å².